The molecule has 2 N–H and O–H groups in total. The maximum absolute atomic E-state index is 12.9. The van der Waals surface area contributed by atoms with Crippen LogP contribution in [0.2, 0.25) is 0 Å². The summed E-state index contributed by atoms with van der Waals surface area (Å²) in [6.07, 6.45) is 1.34. The zero-order valence-electron chi connectivity index (χ0n) is 16.5. The molecule has 3 rings (SSSR count). The Morgan fingerprint density at radius 2 is 1.62 bits per heavy atom. The summed E-state index contributed by atoms with van der Waals surface area (Å²) in [6, 6.07) is 10.7. The minimum atomic E-state index is -0.530. The first-order chi connectivity index (χ1) is 13.8. The second-order valence-electron chi connectivity index (χ2n) is 7.42. The van der Waals surface area contributed by atoms with Gasteiger partial charge in [0.1, 0.15) is 5.82 Å². The Labute approximate surface area is 169 Å². The third-order valence-corrected chi connectivity index (χ3v) is 4.95. The van der Waals surface area contributed by atoms with Gasteiger partial charge in [0.25, 0.3) is 11.8 Å². The number of hydrazine groups is 1. The Kier molecular flexibility index (Phi) is 6.26. The number of amides is 3. The molecule has 0 aromatic heterocycles. The molecule has 2 aromatic rings. The van der Waals surface area contributed by atoms with Gasteiger partial charge in [-0.25, -0.2) is 4.39 Å². The minimum Gasteiger partial charge on any atom is -0.338 e. The number of hydrogen-bond donors (Lipinski definition) is 2. The molecule has 1 heterocycles. The van der Waals surface area contributed by atoms with Crippen LogP contribution >= 0.6 is 0 Å². The molecule has 152 valence electrons. The van der Waals surface area contributed by atoms with Crippen molar-refractivity contribution in [2.24, 2.45) is 5.92 Å². The van der Waals surface area contributed by atoms with Crippen molar-refractivity contribution in [3.05, 3.63) is 70.5 Å². The Hall–Kier alpha value is -3.22. The fourth-order valence-electron chi connectivity index (χ4n) is 3.55. The Morgan fingerprint density at radius 3 is 2.28 bits per heavy atom. The maximum Gasteiger partial charge on any atom is 0.269 e. The van der Waals surface area contributed by atoms with Crippen LogP contribution in [0, 0.1) is 25.6 Å². The van der Waals surface area contributed by atoms with E-state index in [1.165, 1.54) is 24.3 Å². The zero-order chi connectivity index (χ0) is 21.0. The highest BCUT2D eigenvalue weighted by Crippen LogP contribution is 2.20. The topological polar surface area (TPSA) is 78.5 Å². The molecule has 1 aliphatic heterocycles. The van der Waals surface area contributed by atoms with Crippen molar-refractivity contribution in [1.82, 2.24) is 15.8 Å². The van der Waals surface area contributed by atoms with Crippen molar-refractivity contribution in [3.63, 3.8) is 0 Å². The van der Waals surface area contributed by atoms with Crippen LogP contribution in [0.1, 0.15) is 44.7 Å². The summed E-state index contributed by atoms with van der Waals surface area (Å²) in [5.74, 6) is -1.83. The molecule has 0 radical (unpaired) electrons. The number of nitrogens with one attached hydrogen (secondary N) is 2. The second-order valence-corrected chi connectivity index (χ2v) is 7.42. The maximum atomic E-state index is 12.9. The van der Waals surface area contributed by atoms with Gasteiger partial charge in [-0.2, -0.15) is 0 Å². The van der Waals surface area contributed by atoms with Gasteiger partial charge < -0.3 is 4.90 Å². The first-order valence-corrected chi connectivity index (χ1v) is 9.57. The molecule has 0 bridgehead atoms. The first kappa shape index (κ1) is 20.5. The highest BCUT2D eigenvalue weighted by molar-refractivity contribution is 5.96. The molecule has 1 aliphatic rings. The number of rotatable bonds is 3. The van der Waals surface area contributed by atoms with E-state index in [2.05, 4.69) is 10.9 Å². The molecular weight excluding hydrogens is 373 g/mol. The quantitative estimate of drug-likeness (QED) is 0.782. The fourth-order valence-corrected chi connectivity index (χ4v) is 3.55. The van der Waals surface area contributed by atoms with E-state index in [1.807, 2.05) is 32.0 Å². The number of carbonyl (C=O) groups excluding carboxylic acids is 3. The molecule has 1 saturated heterocycles. The Balaban J connectivity index is 1.58. The second kappa shape index (κ2) is 8.86. The number of benzene rings is 2. The van der Waals surface area contributed by atoms with Crippen LogP contribution in [0.15, 0.2) is 42.5 Å². The van der Waals surface area contributed by atoms with Gasteiger partial charge in [0.2, 0.25) is 5.91 Å². The van der Waals surface area contributed by atoms with Gasteiger partial charge in [0, 0.05) is 24.2 Å². The number of likely N-dealkylation sites (tertiary alicyclic amines) is 1. The zero-order valence-corrected chi connectivity index (χ0v) is 16.5. The molecule has 1 fully saturated rings. The van der Waals surface area contributed by atoms with Crippen molar-refractivity contribution in [1.29, 1.82) is 0 Å². The number of carbonyl (C=O) groups is 3. The first-order valence-electron chi connectivity index (χ1n) is 9.57. The molecular formula is C22H24FN3O3. The molecule has 1 unspecified atom stereocenters. The molecule has 0 saturated carbocycles. The van der Waals surface area contributed by atoms with Crippen LogP contribution < -0.4 is 10.9 Å². The highest BCUT2D eigenvalue weighted by atomic mass is 19.1. The largest absolute Gasteiger partial charge is 0.338 e. The van der Waals surface area contributed by atoms with Crippen molar-refractivity contribution < 1.29 is 18.8 Å². The molecule has 29 heavy (non-hydrogen) atoms. The van der Waals surface area contributed by atoms with Gasteiger partial charge in [-0.1, -0.05) is 17.2 Å². The SMILES string of the molecule is Cc1cc(C)cc(C(=O)N2CCCC(C(=O)NNC(=O)c3ccc(F)cc3)C2)c1. The van der Waals surface area contributed by atoms with Crippen LogP contribution in [0.5, 0.6) is 0 Å². The minimum absolute atomic E-state index is 0.0929. The van der Waals surface area contributed by atoms with Crippen LogP contribution in [0.4, 0.5) is 4.39 Å². The molecule has 0 aliphatic carbocycles. The molecule has 0 spiro atoms. The number of aryl methyl sites for hydroxylation is 2. The fraction of sp³-hybridized carbons (Fsp3) is 0.318. The molecule has 7 heteroatoms. The molecule has 3 amide bonds. The highest BCUT2D eigenvalue weighted by Gasteiger charge is 2.29. The van der Waals surface area contributed by atoms with Crippen LogP contribution in [-0.2, 0) is 4.79 Å². The van der Waals surface area contributed by atoms with Crippen molar-refractivity contribution in [2.75, 3.05) is 13.1 Å². The summed E-state index contributed by atoms with van der Waals surface area (Å²) >= 11 is 0. The summed E-state index contributed by atoms with van der Waals surface area (Å²) in [5.41, 5.74) is 7.64. The predicted molar refractivity (Wildman–Crippen MR) is 107 cm³/mol. The summed E-state index contributed by atoms with van der Waals surface area (Å²) in [6.45, 7) is 4.78. The lowest BCUT2D eigenvalue weighted by Crippen LogP contribution is -2.50. The lowest BCUT2D eigenvalue weighted by atomic mass is 9.96. The van der Waals surface area contributed by atoms with Gasteiger partial charge in [-0.15, -0.1) is 0 Å². The Bertz CT molecular complexity index is 907. The van der Waals surface area contributed by atoms with E-state index >= 15 is 0 Å². The van der Waals surface area contributed by atoms with Gasteiger partial charge in [0.05, 0.1) is 5.92 Å². The van der Waals surface area contributed by atoms with Gasteiger partial charge >= 0.3 is 0 Å². The molecule has 2 aromatic carbocycles. The summed E-state index contributed by atoms with van der Waals surface area (Å²) in [4.78, 5) is 39.1. The third kappa shape index (κ3) is 5.19. The number of piperidine rings is 1. The average Bonchev–Trinajstić information content (AvgIpc) is 2.71. The number of hydrogen-bond acceptors (Lipinski definition) is 3. The predicted octanol–water partition coefficient (Wildman–Crippen LogP) is 2.76. The van der Waals surface area contributed by atoms with E-state index in [1.54, 1.807) is 4.90 Å². The monoisotopic (exact) mass is 397 g/mol. The van der Waals surface area contributed by atoms with Gasteiger partial charge in [-0.05, 0) is 63.1 Å². The van der Waals surface area contributed by atoms with Crippen LogP contribution in [0.3, 0.4) is 0 Å². The summed E-state index contributed by atoms with van der Waals surface area (Å²) < 4.78 is 12.9. The van der Waals surface area contributed by atoms with E-state index in [4.69, 9.17) is 0 Å². The third-order valence-electron chi connectivity index (χ3n) is 4.95. The number of nitrogens with zero attached hydrogens (tertiary/aromatic N) is 1. The molecule has 6 nitrogen and oxygen atoms in total. The van der Waals surface area contributed by atoms with Crippen molar-refractivity contribution in [3.8, 4) is 0 Å². The van der Waals surface area contributed by atoms with Gasteiger partial charge in [0.15, 0.2) is 0 Å². The average molecular weight is 397 g/mol. The van der Waals surface area contributed by atoms with Crippen LogP contribution in [0.25, 0.3) is 0 Å². The van der Waals surface area contributed by atoms with Gasteiger partial charge in [-0.3, -0.25) is 25.2 Å². The molecule has 1 atom stereocenters. The van der Waals surface area contributed by atoms with E-state index in [0.29, 0.717) is 31.5 Å². The van der Waals surface area contributed by atoms with E-state index in [9.17, 15) is 18.8 Å². The number of halogens is 1. The van der Waals surface area contributed by atoms with E-state index in [-0.39, 0.29) is 17.4 Å². The normalized spacial score (nSPS) is 16.2. The summed E-state index contributed by atoms with van der Waals surface area (Å²) in [5, 5.41) is 0. The lowest BCUT2D eigenvalue weighted by molar-refractivity contribution is -0.127. The van der Waals surface area contributed by atoms with E-state index in [0.717, 1.165) is 11.1 Å². The van der Waals surface area contributed by atoms with Crippen molar-refractivity contribution >= 4 is 17.7 Å². The smallest absolute Gasteiger partial charge is 0.269 e. The Morgan fingerprint density at radius 1 is 0.966 bits per heavy atom. The van der Waals surface area contributed by atoms with Crippen molar-refractivity contribution in [2.45, 2.75) is 26.7 Å². The van der Waals surface area contributed by atoms with E-state index < -0.39 is 17.6 Å². The van der Waals surface area contributed by atoms with Crippen LogP contribution in [-0.4, -0.2) is 35.7 Å². The summed E-state index contributed by atoms with van der Waals surface area (Å²) in [7, 11) is 0. The standard InChI is InChI=1S/C22H24FN3O3/c1-14-10-15(2)12-18(11-14)22(29)26-9-3-4-17(13-26)21(28)25-24-20(27)16-5-7-19(23)8-6-16/h5-8,10-12,17H,3-4,9,13H2,1-2H3,(H,24,27)(H,25,28). The lowest BCUT2D eigenvalue weighted by Gasteiger charge is -2.32.